The predicted octanol–water partition coefficient (Wildman–Crippen LogP) is 1.49. The molecular formula is C20H29F3N4O3. The van der Waals surface area contributed by atoms with Gasteiger partial charge in [0.25, 0.3) is 0 Å². The molecule has 0 unspecified atom stereocenters. The van der Waals surface area contributed by atoms with E-state index in [1.54, 1.807) is 4.90 Å². The monoisotopic (exact) mass is 430 g/mol. The molecule has 168 valence electrons. The number of hydrogen-bond acceptors (Lipinski definition) is 5. The molecule has 1 aromatic rings. The number of anilines is 1. The van der Waals surface area contributed by atoms with E-state index in [-0.39, 0.29) is 31.3 Å². The van der Waals surface area contributed by atoms with Crippen LogP contribution in [0.25, 0.3) is 0 Å². The molecule has 1 saturated heterocycles. The third-order valence-electron chi connectivity index (χ3n) is 4.91. The van der Waals surface area contributed by atoms with Crippen molar-refractivity contribution in [2.75, 3.05) is 64.3 Å². The SMILES string of the molecule is CCCN(CCO)CC(=O)N1CCN(CC(=O)Nc2ccccc2C(F)(F)F)CC1. The number of aliphatic hydroxyl groups excluding tert-OH is 1. The molecule has 30 heavy (non-hydrogen) atoms. The van der Waals surface area contributed by atoms with E-state index in [1.165, 1.54) is 18.2 Å². The predicted molar refractivity (Wildman–Crippen MR) is 107 cm³/mol. The molecule has 0 atom stereocenters. The molecule has 0 aliphatic carbocycles. The van der Waals surface area contributed by atoms with Crippen molar-refractivity contribution in [2.24, 2.45) is 0 Å². The van der Waals surface area contributed by atoms with Crippen LogP contribution in [0.2, 0.25) is 0 Å². The van der Waals surface area contributed by atoms with Crippen LogP contribution in [0.3, 0.4) is 0 Å². The zero-order valence-electron chi connectivity index (χ0n) is 17.1. The molecule has 1 aliphatic rings. The lowest BCUT2D eigenvalue weighted by Crippen LogP contribution is -2.52. The van der Waals surface area contributed by atoms with E-state index >= 15 is 0 Å². The second kappa shape index (κ2) is 11.3. The average Bonchev–Trinajstić information content (AvgIpc) is 2.68. The zero-order valence-corrected chi connectivity index (χ0v) is 17.1. The van der Waals surface area contributed by atoms with Gasteiger partial charge in [0.1, 0.15) is 0 Å². The fourth-order valence-corrected chi connectivity index (χ4v) is 3.41. The molecule has 2 amide bonds. The average molecular weight is 430 g/mol. The maximum Gasteiger partial charge on any atom is 0.418 e. The highest BCUT2D eigenvalue weighted by molar-refractivity contribution is 5.93. The number of carbonyl (C=O) groups is 2. The van der Waals surface area contributed by atoms with Gasteiger partial charge in [-0.25, -0.2) is 0 Å². The summed E-state index contributed by atoms with van der Waals surface area (Å²) in [6.07, 6.45) is -3.66. The number of rotatable bonds is 9. The highest BCUT2D eigenvalue weighted by atomic mass is 19.4. The lowest BCUT2D eigenvalue weighted by Gasteiger charge is -2.35. The molecule has 1 aromatic carbocycles. The number of nitrogens with zero attached hydrogens (tertiary/aromatic N) is 3. The van der Waals surface area contributed by atoms with Crippen LogP contribution in [0.5, 0.6) is 0 Å². The number of alkyl halides is 3. The summed E-state index contributed by atoms with van der Waals surface area (Å²) in [5.41, 5.74) is -1.14. The number of amides is 2. The van der Waals surface area contributed by atoms with E-state index in [1.807, 2.05) is 16.7 Å². The van der Waals surface area contributed by atoms with E-state index in [9.17, 15) is 22.8 Å². The van der Waals surface area contributed by atoms with Crippen molar-refractivity contribution in [2.45, 2.75) is 19.5 Å². The molecule has 2 N–H and O–H groups in total. The maximum atomic E-state index is 13.0. The zero-order chi connectivity index (χ0) is 22.1. The molecule has 0 saturated carbocycles. The second-order valence-electron chi connectivity index (χ2n) is 7.25. The van der Waals surface area contributed by atoms with Crippen molar-refractivity contribution < 1.29 is 27.9 Å². The van der Waals surface area contributed by atoms with Gasteiger partial charge in [0, 0.05) is 32.7 Å². The first-order chi connectivity index (χ1) is 14.2. The first kappa shape index (κ1) is 24.1. The first-order valence-electron chi connectivity index (χ1n) is 10.0. The van der Waals surface area contributed by atoms with Crippen LogP contribution in [0, 0.1) is 0 Å². The molecule has 7 nitrogen and oxygen atoms in total. The summed E-state index contributed by atoms with van der Waals surface area (Å²) in [4.78, 5) is 30.1. The number of aliphatic hydroxyl groups is 1. The summed E-state index contributed by atoms with van der Waals surface area (Å²) < 4.78 is 39.1. The van der Waals surface area contributed by atoms with Crippen molar-refractivity contribution in [1.82, 2.24) is 14.7 Å². The topological polar surface area (TPSA) is 76.1 Å². The molecule has 0 aromatic heterocycles. The smallest absolute Gasteiger partial charge is 0.395 e. The van der Waals surface area contributed by atoms with E-state index in [0.29, 0.717) is 32.7 Å². The van der Waals surface area contributed by atoms with Crippen molar-refractivity contribution >= 4 is 17.5 Å². The summed E-state index contributed by atoms with van der Waals surface area (Å²) in [7, 11) is 0. The van der Waals surface area contributed by atoms with Gasteiger partial charge in [0.2, 0.25) is 11.8 Å². The fraction of sp³-hybridized carbons (Fsp3) is 0.600. The Morgan fingerprint density at radius 2 is 1.80 bits per heavy atom. The Morgan fingerprint density at radius 1 is 1.13 bits per heavy atom. The van der Waals surface area contributed by atoms with Gasteiger partial charge in [-0.05, 0) is 25.1 Å². The number of carbonyl (C=O) groups excluding carboxylic acids is 2. The van der Waals surface area contributed by atoms with Crippen LogP contribution in [0.15, 0.2) is 24.3 Å². The molecule has 0 spiro atoms. The highest BCUT2D eigenvalue weighted by Gasteiger charge is 2.33. The molecule has 10 heteroatoms. The van der Waals surface area contributed by atoms with Gasteiger partial charge in [-0.2, -0.15) is 13.2 Å². The van der Waals surface area contributed by atoms with Gasteiger partial charge in [0.05, 0.1) is 30.9 Å². The van der Waals surface area contributed by atoms with Crippen LogP contribution in [0.1, 0.15) is 18.9 Å². The molecule has 1 heterocycles. The Morgan fingerprint density at radius 3 is 2.40 bits per heavy atom. The Hall–Kier alpha value is -2.17. The minimum Gasteiger partial charge on any atom is -0.395 e. The number of nitrogens with one attached hydrogen (secondary N) is 1. The molecule has 0 radical (unpaired) electrons. The standard InChI is InChI=1S/C20H29F3N4O3/c1-2-7-25(12-13-28)15-19(30)27-10-8-26(9-11-27)14-18(29)24-17-6-4-3-5-16(17)20(21,22)23/h3-6,28H,2,7-15H2,1H3,(H,24,29). The van der Waals surface area contributed by atoms with Gasteiger partial charge in [-0.15, -0.1) is 0 Å². The van der Waals surface area contributed by atoms with E-state index in [4.69, 9.17) is 5.11 Å². The normalized spacial score (nSPS) is 15.5. The van der Waals surface area contributed by atoms with E-state index < -0.39 is 17.6 Å². The Balaban J connectivity index is 1.82. The van der Waals surface area contributed by atoms with Crippen LogP contribution >= 0.6 is 0 Å². The Bertz CT molecular complexity index is 701. The van der Waals surface area contributed by atoms with Crippen LogP contribution < -0.4 is 5.32 Å². The molecule has 2 rings (SSSR count). The molecule has 1 fully saturated rings. The lowest BCUT2D eigenvalue weighted by molar-refractivity contribution is -0.137. The summed E-state index contributed by atoms with van der Waals surface area (Å²) >= 11 is 0. The summed E-state index contributed by atoms with van der Waals surface area (Å²) in [6, 6.07) is 4.87. The highest BCUT2D eigenvalue weighted by Crippen LogP contribution is 2.34. The van der Waals surface area contributed by atoms with Gasteiger partial charge in [-0.3, -0.25) is 19.4 Å². The van der Waals surface area contributed by atoms with Crippen molar-refractivity contribution in [1.29, 1.82) is 0 Å². The largest absolute Gasteiger partial charge is 0.418 e. The van der Waals surface area contributed by atoms with Crippen LogP contribution in [0.4, 0.5) is 18.9 Å². The van der Waals surface area contributed by atoms with E-state index in [0.717, 1.165) is 19.0 Å². The number of para-hydroxylation sites is 1. The first-order valence-corrected chi connectivity index (χ1v) is 10.0. The van der Waals surface area contributed by atoms with Crippen molar-refractivity contribution in [3.05, 3.63) is 29.8 Å². The Kier molecular flexibility index (Phi) is 9.07. The number of halogens is 3. The number of piperazine rings is 1. The quantitative estimate of drug-likeness (QED) is 0.621. The maximum absolute atomic E-state index is 13.0. The third kappa shape index (κ3) is 7.26. The van der Waals surface area contributed by atoms with E-state index in [2.05, 4.69) is 5.32 Å². The van der Waals surface area contributed by atoms with Crippen molar-refractivity contribution in [3.63, 3.8) is 0 Å². The summed E-state index contributed by atoms with van der Waals surface area (Å²) in [5.74, 6) is -0.552. The van der Waals surface area contributed by atoms with Gasteiger partial charge >= 0.3 is 6.18 Å². The second-order valence-corrected chi connectivity index (χ2v) is 7.25. The lowest BCUT2D eigenvalue weighted by atomic mass is 10.1. The minimum absolute atomic E-state index is 0.00631. The Labute approximate surface area is 174 Å². The number of hydrogen-bond donors (Lipinski definition) is 2. The summed E-state index contributed by atoms with van der Waals surface area (Å²) in [6.45, 7) is 5.20. The van der Waals surface area contributed by atoms with Gasteiger partial charge < -0.3 is 15.3 Å². The molecule has 1 aliphatic heterocycles. The fourth-order valence-electron chi connectivity index (χ4n) is 3.41. The minimum atomic E-state index is -4.54. The molecule has 0 bridgehead atoms. The third-order valence-corrected chi connectivity index (χ3v) is 4.91. The van der Waals surface area contributed by atoms with Crippen LogP contribution in [-0.2, 0) is 15.8 Å². The van der Waals surface area contributed by atoms with Crippen LogP contribution in [-0.4, -0.2) is 90.6 Å². The molecular weight excluding hydrogens is 401 g/mol. The van der Waals surface area contributed by atoms with Gasteiger partial charge in [-0.1, -0.05) is 19.1 Å². The van der Waals surface area contributed by atoms with Gasteiger partial charge in [0.15, 0.2) is 0 Å². The summed E-state index contributed by atoms with van der Waals surface area (Å²) in [5, 5.41) is 11.4. The van der Waals surface area contributed by atoms with Crippen molar-refractivity contribution in [3.8, 4) is 0 Å². The number of benzene rings is 1.